The predicted molar refractivity (Wildman–Crippen MR) is 102 cm³/mol. The lowest BCUT2D eigenvalue weighted by molar-refractivity contribution is 0.103. The van der Waals surface area contributed by atoms with Crippen LogP contribution in [0.1, 0.15) is 15.2 Å². The highest BCUT2D eigenvalue weighted by Crippen LogP contribution is 2.42. The highest BCUT2D eigenvalue weighted by molar-refractivity contribution is 7.17. The third-order valence-electron chi connectivity index (χ3n) is 3.96. The lowest BCUT2D eigenvalue weighted by Gasteiger charge is -2.16. The summed E-state index contributed by atoms with van der Waals surface area (Å²) in [6, 6.07) is 15.8. The number of hydrogen-bond acceptors (Lipinski definition) is 4. The van der Waals surface area contributed by atoms with Crippen molar-refractivity contribution in [1.29, 1.82) is 0 Å². The number of amides is 3. The number of nitrogens with two attached hydrogens (primary N) is 1. The van der Waals surface area contributed by atoms with Crippen LogP contribution in [0.25, 0.3) is 10.4 Å². The van der Waals surface area contributed by atoms with Gasteiger partial charge >= 0.3 is 6.03 Å². The summed E-state index contributed by atoms with van der Waals surface area (Å²) < 4.78 is 5.74. The van der Waals surface area contributed by atoms with Gasteiger partial charge in [-0.3, -0.25) is 4.79 Å². The molecule has 4 N–H and O–H groups in total. The van der Waals surface area contributed by atoms with Gasteiger partial charge in [-0.05, 0) is 42.5 Å². The van der Waals surface area contributed by atoms with Crippen molar-refractivity contribution in [3.63, 3.8) is 0 Å². The molecule has 0 unspecified atom stereocenters. The van der Waals surface area contributed by atoms with E-state index in [0.717, 1.165) is 21.8 Å². The Morgan fingerprint density at radius 2 is 1.69 bits per heavy atom. The van der Waals surface area contributed by atoms with E-state index in [1.807, 2.05) is 30.3 Å². The van der Waals surface area contributed by atoms with Crippen molar-refractivity contribution in [1.82, 2.24) is 0 Å². The van der Waals surface area contributed by atoms with Crippen LogP contribution in [0, 0.1) is 0 Å². The maximum atomic E-state index is 12.6. The number of benzene rings is 2. The van der Waals surface area contributed by atoms with E-state index in [0.29, 0.717) is 22.9 Å². The van der Waals surface area contributed by atoms with Gasteiger partial charge < -0.3 is 21.1 Å². The van der Waals surface area contributed by atoms with Crippen molar-refractivity contribution >= 4 is 34.6 Å². The Labute approximate surface area is 153 Å². The molecule has 0 spiro atoms. The molecule has 0 atom stereocenters. The number of fused-ring (bicyclic) bond motifs is 3. The Hall–Kier alpha value is -3.32. The molecule has 6 nitrogen and oxygen atoms in total. The topological polar surface area (TPSA) is 93.5 Å². The number of carbonyl (C=O) groups excluding carboxylic acids is 2. The minimum absolute atomic E-state index is 0.183. The minimum atomic E-state index is -0.631. The molecule has 26 heavy (non-hydrogen) atoms. The van der Waals surface area contributed by atoms with Gasteiger partial charge in [-0.25, -0.2) is 4.79 Å². The zero-order chi connectivity index (χ0) is 18.1. The molecular formula is C19H15N3O3S. The summed E-state index contributed by atoms with van der Waals surface area (Å²) in [7, 11) is 0. The number of urea groups is 1. The summed E-state index contributed by atoms with van der Waals surface area (Å²) in [5.41, 5.74) is 8.30. The van der Waals surface area contributed by atoms with E-state index < -0.39 is 6.03 Å². The third kappa shape index (κ3) is 3.12. The Bertz CT molecular complexity index is 996. The number of para-hydroxylation sites is 1. The Morgan fingerprint density at radius 1 is 1.00 bits per heavy atom. The highest BCUT2D eigenvalue weighted by Gasteiger charge is 2.22. The van der Waals surface area contributed by atoms with Crippen molar-refractivity contribution in [2.24, 2.45) is 5.73 Å². The van der Waals surface area contributed by atoms with Crippen molar-refractivity contribution < 1.29 is 14.3 Å². The van der Waals surface area contributed by atoms with Crippen molar-refractivity contribution in [2.75, 3.05) is 10.6 Å². The predicted octanol–water partition coefficient (Wildman–Crippen LogP) is 4.05. The number of ether oxygens (including phenoxy) is 1. The summed E-state index contributed by atoms with van der Waals surface area (Å²) in [6.45, 7) is 0.462. The van der Waals surface area contributed by atoms with Gasteiger partial charge in [0.15, 0.2) is 0 Å². The number of anilines is 2. The van der Waals surface area contributed by atoms with Gasteiger partial charge in [0.05, 0.1) is 4.88 Å². The monoisotopic (exact) mass is 365 g/mol. The van der Waals surface area contributed by atoms with Crippen LogP contribution in [0.15, 0.2) is 54.6 Å². The number of rotatable bonds is 3. The van der Waals surface area contributed by atoms with Gasteiger partial charge in [0, 0.05) is 27.4 Å². The fraction of sp³-hybridized carbons (Fsp3) is 0.0526. The Morgan fingerprint density at radius 3 is 2.42 bits per heavy atom. The van der Waals surface area contributed by atoms with Gasteiger partial charge in [0.1, 0.15) is 12.4 Å². The van der Waals surface area contributed by atoms with Crippen LogP contribution in [0.5, 0.6) is 5.75 Å². The average Bonchev–Trinajstić information content (AvgIpc) is 3.08. The summed E-state index contributed by atoms with van der Waals surface area (Å²) in [5, 5.41) is 5.33. The average molecular weight is 365 g/mol. The van der Waals surface area contributed by atoms with E-state index in [-0.39, 0.29) is 5.91 Å². The third-order valence-corrected chi connectivity index (χ3v) is 5.17. The fourth-order valence-electron chi connectivity index (χ4n) is 2.78. The number of carbonyl (C=O) groups is 2. The molecule has 0 saturated heterocycles. The van der Waals surface area contributed by atoms with Crippen LogP contribution >= 0.6 is 11.3 Å². The fourth-order valence-corrected chi connectivity index (χ4v) is 3.88. The summed E-state index contributed by atoms with van der Waals surface area (Å²) in [5.74, 6) is 0.656. The first-order valence-electron chi connectivity index (χ1n) is 7.93. The standard InChI is InChI=1S/C19H15N3O3S/c20-19(24)22-13-7-5-12(6-8-13)21-18(23)16-9-11-10-25-15-4-2-1-3-14(15)17(11)26-16/h1-9H,10H2,(H,21,23)(H3,20,22,24). The van der Waals surface area contributed by atoms with E-state index in [1.165, 1.54) is 11.3 Å². The number of hydrogen-bond donors (Lipinski definition) is 3. The molecule has 1 aliphatic rings. The van der Waals surface area contributed by atoms with Crippen molar-refractivity contribution in [3.8, 4) is 16.2 Å². The molecule has 3 aromatic rings. The highest BCUT2D eigenvalue weighted by atomic mass is 32.1. The second kappa shape index (κ2) is 6.53. The Kier molecular flexibility index (Phi) is 4.06. The van der Waals surface area contributed by atoms with Gasteiger partial charge in [-0.2, -0.15) is 0 Å². The molecule has 2 heterocycles. The van der Waals surface area contributed by atoms with Gasteiger partial charge in [-0.1, -0.05) is 12.1 Å². The van der Waals surface area contributed by atoms with Crippen LogP contribution < -0.4 is 21.1 Å². The number of thiophene rings is 1. The molecule has 0 fully saturated rings. The van der Waals surface area contributed by atoms with Gasteiger partial charge in [-0.15, -0.1) is 11.3 Å². The molecule has 4 rings (SSSR count). The molecule has 1 aromatic heterocycles. The zero-order valence-corrected chi connectivity index (χ0v) is 14.4. The number of primary amides is 1. The molecule has 0 aliphatic carbocycles. The van der Waals surface area contributed by atoms with E-state index in [9.17, 15) is 9.59 Å². The normalized spacial score (nSPS) is 11.7. The second-order valence-corrected chi connectivity index (χ2v) is 6.82. The Balaban J connectivity index is 1.53. The molecule has 130 valence electrons. The first-order valence-corrected chi connectivity index (χ1v) is 8.74. The summed E-state index contributed by atoms with van der Waals surface area (Å²) >= 11 is 1.45. The first-order chi connectivity index (χ1) is 12.6. The van der Waals surface area contributed by atoms with Gasteiger partial charge in [0.2, 0.25) is 0 Å². The molecule has 7 heteroatoms. The molecule has 0 saturated carbocycles. The molecule has 3 amide bonds. The van der Waals surface area contributed by atoms with E-state index in [4.69, 9.17) is 10.5 Å². The smallest absolute Gasteiger partial charge is 0.316 e. The van der Waals surface area contributed by atoms with Crippen LogP contribution in [-0.2, 0) is 6.61 Å². The largest absolute Gasteiger partial charge is 0.488 e. The van der Waals surface area contributed by atoms with Crippen molar-refractivity contribution in [2.45, 2.75) is 6.61 Å². The van der Waals surface area contributed by atoms with Crippen molar-refractivity contribution in [3.05, 3.63) is 65.0 Å². The lowest BCUT2D eigenvalue weighted by Crippen LogP contribution is -2.19. The van der Waals surface area contributed by atoms with Gasteiger partial charge in [0.25, 0.3) is 5.91 Å². The zero-order valence-electron chi connectivity index (χ0n) is 13.6. The van der Waals surface area contributed by atoms with E-state index >= 15 is 0 Å². The first kappa shape index (κ1) is 16.2. The lowest BCUT2D eigenvalue weighted by atomic mass is 10.1. The molecular weight excluding hydrogens is 350 g/mol. The quantitative estimate of drug-likeness (QED) is 0.653. The van der Waals surface area contributed by atoms with E-state index in [1.54, 1.807) is 24.3 Å². The molecule has 2 aromatic carbocycles. The van der Waals surface area contributed by atoms with Crippen LogP contribution in [0.4, 0.5) is 16.2 Å². The van der Waals surface area contributed by atoms with E-state index in [2.05, 4.69) is 10.6 Å². The number of nitrogens with one attached hydrogen (secondary N) is 2. The SMILES string of the molecule is NC(=O)Nc1ccc(NC(=O)c2cc3c(s2)-c2ccccc2OC3)cc1. The maximum Gasteiger partial charge on any atom is 0.316 e. The molecule has 0 radical (unpaired) electrons. The molecule has 1 aliphatic heterocycles. The summed E-state index contributed by atoms with van der Waals surface area (Å²) in [4.78, 5) is 25.1. The van der Waals surface area contributed by atoms with Crippen LogP contribution in [0.3, 0.4) is 0 Å². The molecule has 0 bridgehead atoms. The minimum Gasteiger partial charge on any atom is -0.488 e. The maximum absolute atomic E-state index is 12.6. The second-order valence-electron chi connectivity index (χ2n) is 5.77. The van der Waals surface area contributed by atoms with Crippen LogP contribution in [0.2, 0.25) is 0 Å². The summed E-state index contributed by atoms with van der Waals surface area (Å²) in [6.07, 6.45) is 0. The van der Waals surface area contributed by atoms with Crippen LogP contribution in [-0.4, -0.2) is 11.9 Å².